The number of benzene rings is 2. The molecule has 2 nitrogen and oxygen atoms in total. The first-order valence-corrected chi connectivity index (χ1v) is 6.76. The minimum Gasteiger partial charge on any atom is -0.393 e. The van der Waals surface area contributed by atoms with Gasteiger partial charge in [-0.2, -0.15) is 0 Å². The van der Waals surface area contributed by atoms with Crippen molar-refractivity contribution in [2.45, 2.75) is 31.2 Å². The van der Waals surface area contributed by atoms with Gasteiger partial charge >= 0.3 is 0 Å². The Bertz CT molecular complexity index is 464. The number of rotatable bonds is 4. The van der Waals surface area contributed by atoms with Crippen molar-refractivity contribution in [1.29, 1.82) is 0 Å². The van der Waals surface area contributed by atoms with Crippen molar-refractivity contribution in [3.63, 3.8) is 0 Å². The fraction of sp³-hybridized carbons (Fsp3) is 0.294. The van der Waals surface area contributed by atoms with Gasteiger partial charge in [-0.15, -0.1) is 0 Å². The third-order valence-corrected chi connectivity index (χ3v) is 3.60. The Morgan fingerprint density at radius 1 is 0.842 bits per heavy atom. The van der Waals surface area contributed by atoms with Crippen LogP contribution in [0.5, 0.6) is 0 Å². The van der Waals surface area contributed by atoms with Crippen molar-refractivity contribution in [3.05, 3.63) is 71.8 Å². The van der Waals surface area contributed by atoms with Gasteiger partial charge in [-0.05, 0) is 24.0 Å². The zero-order valence-corrected chi connectivity index (χ0v) is 10.8. The molecule has 1 aliphatic carbocycles. The van der Waals surface area contributed by atoms with Crippen molar-refractivity contribution in [2.24, 2.45) is 0 Å². The van der Waals surface area contributed by atoms with Crippen LogP contribution in [-0.4, -0.2) is 17.3 Å². The molecule has 0 atom stereocenters. The molecule has 0 heterocycles. The van der Waals surface area contributed by atoms with Crippen LogP contribution in [0.2, 0.25) is 0 Å². The molecule has 19 heavy (non-hydrogen) atoms. The SMILES string of the molecule is OC1CC(OC(c2ccccc2)c2ccccc2)C1. The lowest BCUT2D eigenvalue weighted by atomic mass is 9.91. The molecule has 3 rings (SSSR count). The van der Waals surface area contributed by atoms with Crippen molar-refractivity contribution >= 4 is 0 Å². The molecule has 2 aromatic rings. The maximum atomic E-state index is 9.39. The van der Waals surface area contributed by atoms with E-state index in [2.05, 4.69) is 24.3 Å². The lowest BCUT2D eigenvalue weighted by Gasteiger charge is -2.34. The standard InChI is InChI=1S/C17H18O2/c18-15-11-16(12-15)19-17(13-7-3-1-4-8-13)14-9-5-2-6-10-14/h1-10,15-18H,11-12H2. The van der Waals surface area contributed by atoms with Crippen molar-refractivity contribution in [1.82, 2.24) is 0 Å². The monoisotopic (exact) mass is 254 g/mol. The first-order chi connectivity index (χ1) is 9.33. The number of aliphatic hydroxyl groups excluding tert-OH is 1. The molecule has 1 saturated carbocycles. The summed E-state index contributed by atoms with van der Waals surface area (Å²) in [6.07, 6.45) is 1.43. The van der Waals surface area contributed by atoms with Gasteiger partial charge < -0.3 is 9.84 Å². The molecule has 0 radical (unpaired) electrons. The number of hydrogen-bond donors (Lipinski definition) is 1. The maximum Gasteiger partial charge on any atom is 0.108 e. The number of hydrogen-bond acceptors (Lipinski definition) is 2. The summed E-state index contributed by atoms with van der Waals surface area (Å²) in [7, 11) is 0. The number of ether oxygens (including phenoxy) is 1. The molecular weight excluding hydrogens is 236 g/mol. The van der Waals surface area contributed by atoms with Gasteiger partial charge in [0.25, 0.3) is 0 Å². The Morgan fingerprint density at radius 3 is 1.74 bits per heavy atom. The first-order valence-electron chi connectivity index (χ1n) is 6.76. The van der Waals surface area contributed by atoms with Gasteiger partial charge in [-0.1, -0.05) is 60.7 Å². The average Bonchev–Trinajstić information content (AvgIpc) is 2.44. The molecule has 1 N–H and O–H groups in total. The highest BCUT2D eigenvalue weighted by Gasteiger charge is 2.31. The maximum absolute atomic E-state index is 9.39. The Labute approximate surface area is 113 Å². The van der Waals surface area contributed by atoms with Crippen molar-refractivity contribution < 1.29 is 9.84 Å². The topological polar surface area (TPSA) is 29.5 Å². The predicted octanol–water partition coefficient (Wildman–Crippen LogP) is 3.32. The summed E-state index contributed by atoms with van der Waals surface area (Å²) in [4.78, 5) is 0. The summed E-state index contributed by atoms with van der Waals surface area (Å²) in [6.45, 7) is 0. The van der Waals surface area contributed by atoms with Gasteiger partial charge in [0, 0.05) is 0 Å². The summed E-state index contributed by atoms with van der Waals surface area (Å²) in [6, 6.07) is 20.5. The molecular formula is C17H18O2. The fourth-order valence-electron chi connectivity index (χ4n) is 2.45. The van der Waals surface area contributed by atoms with Gasteiger partial charge in [0.2, 0.25) is 0 Å². The zero-order chi connectivity index (χ0) is 13.1. The molecule has 1 fully saturated rings. The molecule has 2 heteroatoms. The Hall–Kier alpha value is -1.64. The highest BCUT2D eigenvalue weighted by atomic mass is 16.5. The normalized spacial score (nSPS) is 22.2. The fourth-order valence-corrected chi connectivity index (χ4v) is 2.45. The lowest BCUT2D eigenvalue weighted by molar-refractivity contribution is -0.0938. The van der Waals surface area contributed by atoms with E-state index < -0.39 is 0 Å². The third kappa shape index (κ3) is 2.86. The predicted molar refractivity (Wildman–Crippen MR) is 74.8 cm³/mol. The Kier molecular flexibility index (Phi) is 3.62. The second-order valence-corrected chi connectivity index (χ2v) is 5.08. The van der Waals surface area contributed by atoms with Crippen LogP contribution in [-0.2, 0) is 4.74 Å². The molecule has 0 bridgehead atoms. The summed E-state index contributed by atoms with van der Waals surface area (Å²) < 4.78 is 6.17. The summed E-state index contributed by atoms with van der Waals surface area (Å²) >= 11 is 0. The minimum atomic E-state index is -0.183. The van der Waals surface area contributed by atoms with Crippen LogP contribution in [0, 0.1) is 0 Å². The van der Waals surface area contributed by atoms with Crippen LogP contribution < -0.4 is 0 Å². The Morgan fingerprint density at radius 2 is 1.32 bits per heavy atom. The van der Waals surface area contributed by atoms with Crippen LogP contribution in [0.25, 0.3) is 0 Å². The van der Waals surface area contributed by atoms with Gasteiger partial charge in [-0.25, -0.2) is 0 Å². The zero-order valence-electron chi connectivity index (χ0n) is 10.8. The lowest BCUT2D eigenvalue weighted by Crippen LogP contribution is -2.36. The van der Waals surface area contributed by atoms with Crippen molar-refractivity contribution in [2.75, 3.05) is 0 Å². The molecule has 2 aromatic carbocycles. The largest absolute Gasteiger partial charge is 0.393 e. The molecule has 0 saturated heterocycles. The summed E-state index contributed by atoms with van der Waals surface area (Å²) in [5, 5.41) is 9.39. The molecule has 0 unspecified atom stereocenters. The summed E-state index contributed by atoms with van der Waals surface area (Å²) in [5.41, 5.74) is 2.32. The second-order valence-electron chi connectivity index (χ2n) is 5.08. The van der Waals surface area contributed by atoms with E-state index in [0.29, 0.717) is 0 Å². The van der Waals surface area contributed by atoms with Crippen LogP contribution in [0.1, 0.15) is 30.1 Å². The number of aliphatic hydroxyl groups is 1. The van der Waals surface area contributed by atoms with E-state index in [9.17, 15) is 5.11 Å². The van der Waals surface area contributed by atoms with E-state index in [1.807, 2.05) is 36.4 Å². The van der Waals surface area contributed by atoms with E-state index in [1.54, 1.807) is 0 Å². The molecule has 0 aliphatic heterocycles. The average molecular weight is 254 g/mol. The Balaban J connectivity index is 1.83. The smallest absolute Gasteiger partial charge is 0.108 e. The highest BCUT2D eigenvalue weighted by molar-refractivity contribution is 5.30. The quantitative estimate of drug-likeness (QED) is 0.907. The van der Waals surface area contributed by atoms with Crippen LogP contribution in [0.3, 0.4) is 0 Å². The van der Waals surface area contributed by atoms with Crippen LogP contribution in [0.15, 0.2) is 60.7 Å². The van der Waals surface area contributed by atoms with E-state index in [-0.39, 0.29) is 18.3 Å². The van der Waals surface area contributed by atoms with E-state index in [1.165, 1.54) is 0 Å². The molecule has 98 valence electrons. The van der Waals surface area contributed by atoms with Crippen LogP contribution >= 0.6 is 0 Å². The molecule has 1 aliphatic rings. The van der Waals surface area contributed by atoms with Gasteiger partial charge in [0.05, 0.1) is 12.2 Å². The molecule has 0 spiro atoms. The van der Waals surface area contributed by atoms with E-state index in [4.69, 9.17) is 4.74 Å². The van der Waals surface area contributed by atoms with Gasteiger partial charge in [-0.3, -0.25) is 0 Å². The molecule has 0 amide bonds. The van der Waals surface area contributed by atoms with Gasteiger partial charge in [0.1, 0.15) is 6.10 Å². The van der Waals surface area contributed by atoms with E-state index >= 15 is 0 Å². The third-order valence-electron chi connectivity index (χ3n) is 3.60. The molecule has 0 aromatic heterocycles. The van der Waals surface area contributed by atoms with Crippen LogP contribution in [0.4, 0.5) is 0 Å². The van der Waals surface area contributed by atoms with Gasteiger partial charge in [0.15, 0.2) is 0 Å². The highest BCUT2D eigenvalue weighted by Crippen LogP contribution is 2.33. The first kappa shape index (κ1) is 12.4. The van der Waals surface area contributed by atoms with Crippen molar-refractivity contribution in [3.8, 4) is 0 Å². The van der Waals surface area contributed by atoms with E-state index in [0.717, 1.165) is 24.0 Å². The minimum absolute atomic E-state index is 0.0418. The second kappa shape index (κ2) is 5.55. The summed E-state index contributed by atoms with van der Waals surface area (Å²) in [5.74, 6) is 0.